The highest BCUT2D eigenvalue weighted by Gasteiger charge is 2.17. The molecule has 0 bridgehead atoms. The summed E-state index contributed by atoms with van der Waals surface area (Å²) in [6, 6.07) is 2.23. The molecule has 11 heavy (non-hydrogen) atoms. The van der Waals surface area contributed by atoms with Crippen LogP contribution in [0.1, 0.15) is 43.3 Å². The van der Waals surface area contributed by atoms with E-state index in [9.17, 15) is 0 Å². The zero-order valence-electron chi connectivity index (χ0n) is 7.18. The summed E-state index contributed by atoms with van der Waals surface area (Å²) in [4.78, 5) is 0. The van der Waals surface area contributed by atoms with E-state index in [2.05, 4.69) is 19.9 Å². The lowest BCUT2D eigenvalue weighted by atomic mass is 10.1. The van der Waals surface area contributed by atoms with E-state index in [1.165, 1.54) is 24.2 Å². The van der Waals surface area contributed by atoms with Crippen molar-refractivity contribution in [3.8, 4) is 0 Å². The molecule has 0 fully saturated rings. The van der Waals surface area contributed by atoms with Crippen LogP contribution in [0.2, 0.25) is 0 Å². The van der Waals surface area contributed by atoms with Gasteiger partial charge in [-0.05, 0) is 24.5 Å². The van der Waals surface area contributed by atoms with Gasteiger partial charge in [0.1, 0.15) is 11.5 Å². The quantitative estimate of drug-likeness (QED) is 0.600. The topological polar surface area (TPSA) is 13.1 Å². The molecular weight excluding hydrogens is 136 g/mol. The summed E-state index contributed by atoms with van der Waals surface area (Å²) in [5.41, 5.74) is 1.45. The fourth-order valence-corrected chi connectivity index (χ4v) is 1.64. The third kappa shape index (κ3) is 1.09. The van der Waals surface area contributed by atoms with E-state index in [0.29, 0.717) is 5.92 Å². The van der Waals surface area contributed by atoms with Crippen molar-refractivity contribution in [2.75, 3.05) is 0 Å². The normalized spacial score (nSPS) is 15.9. The minimum atomic E-state index is 0.542. The Kier molecular flexibility index (Phi) is 1.52. The number of aryl methyl sites for hydroxylation is 2. The van der Waals surface area contributed by atoms with E-state index in [1.807, 2.05) is 0 Å². The van der Waals surface area contributed by atoms with Crippen LogP contribution >= 0.6 is 0 Å². The summed E-state index contributed by atoms with van der Waals surface area (Å²) in [7, 11) is 0. The van der Waals surface area contributed by atoms with Gasteiger partial charge in [0.2, 0.25) is 0 Å². The summed E-state index contributed by atoms with van der Waals surface area (Å²) >= 11 is 0. The van der Waals surface area contributed by atoms with Crippen LogP contribution in [0.15, 0.2) is 10.5 Å². The standard InChI is InChI=1S/C10H14O/c1-7(2)10-6-8-4-3-5-9(8)11-10/h6-7H,3-5H2,1-2H3. The fraction of sp³-hybridized carbons (Fsp3) is 0.600. The highest BCUT2D eigenvalue weighted by Crippen LogP contribution is 2.28. The SMILES string of the molecule is CC(C)c1cc2c(o1)CCC2. The van der Waals surface area contributed by atoms with Crippen LogP contribution < -0.4 is 0 Å². The third-order valence-electron chi connectivity index (χ3n) is 2.33. The summed E-state index contributed by atoms with van der Waals surface area (Å²) < 4.78 is 5.69. The molecule has 0 saturated heterocycles. The van der Waals surface area contributed by atoms with Crippen LogP contribution in [0, 0.1) is 0 Å². The van der Waals surface area contributed by atoms with E-state index in [-0.39, 0.29) is 0 Å². The number of furan rings is 1. The molecule has 0 spiro atoms. The van der Waals surface area contributed by atoms with Gasteiger partial charge in [-0.25, -0.2) is 0 Å². The van der Waals surface area contributed by atoms with Crippen molar-refractivity contribution < 1.29 is 4.42 Å². The second kappa shape index (κ2) is 2.40. The maximum Gasteiger partial charge on any atom is 0.107 e. The van der Waals surface area contributed by atoms with Gasteiger partial charge in [0.05, 0.1) is 0 Å². The average molecular weight is 150 g/mol. The van der Waals surface area contributed by atoms with Crippen LogP contribution in [0.5, 0.6) is 0 Å². The van der Waals surface area contributed by atoms with Gasteiger partial charge < -0.3 is 4.42 Å². The molecule has 0 aromatic carbocycles. The van der Waals surface area contributed by atoms with E-state index in [1.54, 1.807) is 0 Å². The molecule has 1 aromatic rings. The Morgan fingerprint density at radius 1 is 1.36 bits per heavy atom. The average Bonchev–Trinajstić information content (AvgIpc) is 2.40. The summed E-state index contributed by atoms with van der Waals surface area (Å²) in [6.45, 7) is 4.35. The van der Waals surface area contributed by atoms with Crippen molar-refractivity contribution in [3.05, 3.63) is 23.2 Å². The maximum atomic E-state index is 5.69. The first-order valence-corrected chi connectivity index (χ1v) is 4.39. The van der Waals surface area contributed by atoms with Crippen LogP contribution in [0.25, 0.3) is 0 Å². The molecule has 0 atom stereocenters. The first-order valence-electron chi connectivity index (χ1n) is 4.39. The number of fused-ring (bicyclic) bond motifs is 1. The Morgan fingerprint density at radius 3 is 2.82 bits per heavy atom. The van der Waals surface area contributed by atoms with Gasteiger partial charge >= 0.3 is 0 Å². The lowest BCUT2D eigenvalue weighted by molar-refractivity contribution is 0.451. The first kappa shape index (κ1) is 6.96. The Labute approximate surface area is 67.4 Å². The Balaban J connectivity index is 2.34. The predicted molar refractivity (Wildman–Crippen MR) is 44.8 cm³/mol. The molecule has 0 N–H and O–H groups in total. The van der Waals surface area contributed by atoms with Gasteiger partial charge in [-0.15, -0.1) is 0 Å². The highest BCUT2D eigenvalue weighted by atomic mass is 16.3. The van der Waals surface area contributed by atoms with Crippen molar-refractivity contribution in [3.63, 3.8) is 0 Å². The molecule has 0 unspecified atom stereocenters. The van der Waals surface area contributed by atoms with Gasteiger partial charge in [-0.1, -0.05) is 13.8 Å². The molecule has 1 aliphatic carbocycles. The second-order valence-electron chi connectivity index (χ2n) is 3.61. The first-order chi connectivity index (χ1) is 5.27. The second-order valence-corrected chi connectivity index (χ2v) is 3.61. The molecule has 0 saturated carbocycles. The molecule has 1 heteroatoms. The monoisotopic (exact) mass is 150 g/mol. The largest absolute Gasteiger partial charge is 0.466 e. The molecular formula is C10H14O. The third-order valence-corrected chi connectivity index (χ3v) is 2.33. The zero-order chi connectivity index (χ0) is 7.84. The Hall–Kier alpha value is -0.720. The number of hydrogen-bond acceptors (Lipinski definition) is 1. The van der Waals surface area contributed by atoms with Gasteiger partial charge in [-0.3, -0.25) is 0 Å². The van der Waals surface area contributed by atoms with E-state index in [4.69, 9.17) is 4.42 Å². The number of rotatable bonds is 1. The Bertz CT molecular complexity index is 236. The zero-order valence-corrected chi connectivity index (χ0v) is 7.18. The minimum Gasteiger partial charge on any atom is -0.466 e. The van der Waals surface area contributed by atoms with Gasteiger partial charge in [0, 0.05) is 12.3 Å². The molecule has 1 heterocycles. The van der Waals surface area contributed by atoms with Crippen molar-refractivity contribution in [2.45, 2.75) is 39.0 Å². The maximum absolute atomic E-state index is 5.69. The molecule has 0 amide bonds. The van der Waals surface area contributed by atoms with E-state index in [0.717, 1.165) is 12.2 Å². The van der Waals surface area contributed by atoms with E-state index < -0.39 is 0 Å². The number of hydrogen-bond donors (Lipinski definition) is 0. The molecule has 0 radical (unpaired) electrons. The minimum absolute atomic E-state index is 0.542. The highest BCUT2D eigenvalue weighted by molar-refractivity contribution is 5.26. The molecule has 1 aliphatic rings. The van der Waals surface area contributed by atoms with Crippen LogP contribution in [-0.2, 0) is 12.8 Å². The summed E-state index contributed by atoms with van der Waals surface area (Å²) in [5.74, 6) is 2.95. The predicted octanol–water partition coefficient (Wildman–Crippen LogP) is 2.89. The van der Waals surface area contributed by atoms with Crippen LogP contribution in [-0.4, -0.2) is 0 Å². The Morgan fingerprint density at radius 2 is 2.18 bits per heavy atom. The molecule has 1 aromatic heterocycles. The molecule has 0 aliphatic heterocycles. The van der Waals surface area contributed by atoms with E-state index >= 15 is 0 Å². The van der Waals surface area contributed by atoms with Crippen molar-refractivity contribution in [1.29, 1.82) is 0 Å². The van der Waals surface area contributed by atoms with Crippen molar-refractivity contribution >= 4 is 0 Å². The van der Waals surface area contributed by atoms with Crippen molar-refractivity contribution in [1.82, 2.24) is 0 Å². The molecule has 60 valence electrons. The van der Waals surface area contributed by atoms with Gasteiger partial charge in [0.25, 0.3) is 0 Å². The fourth-order valence-electron chi connectivity index (χ4n) is 1.64. The van der Waals surface area contributed by atoms with Crippen molar-refractivity contribution in [2.24, 2.45) is 0 Å². The molecule has 1 nitrogen and oxygen atoms in total. The van der Waals surface area contributed by atoms with Gasteiger partial charge in [-0.2, -0.15) is 0 Å². The molecule has 2 rings (SSSR count). The lowest BCUT2D eigenvalue weighted by Gasteiger charge is -1.97. The van der Waals surface area contributed by atoms with Crippen LogP contribution in [0.3, 0.4) is 0 Å². The summed E-state index contributed by atoms with van der Waals surface area (Å²) in [5, 5.41) is 0. The van der Waals surface area contributed by atoms with Crippen LogP contribution in [0.4, 0.5) is 0 Å². The summed E-state index contributed by atoms with van der Waals surface area (Å²) in [6.07, 6.45) is 3.67. The lowest BCUT2D eigenvalue weighted by Crippen LogP contribution is -1.82. The van der Waals surface area contributed by atoms with Gasteiger partial charge in [0.15, 0.2) is 0 Å². The smallest absolute Gasteiger partial charge is 0.107 e.